The van der Waals surface area contributed by atoms with Gasteiger partial charge >= 0.3 is 0 Å². The molecule has 3 heterocycles. The molecule has 1 unspecified atom stereocenters. The Kier molecular flexibility index (Phi) is 4.50. The summed E-state index contributed by atoms with van der Waals surface area (Å²) in [6, 6.07) is 6.33. The molecule has 0 amide bonds. The van der Waals surface area contributed by atoms with E-state index in [9.17, 15) is 0 Å². The molecule has 31 heavy (non-hydrogen) atoms. The van der Waals surface area contributed by atoms with E-state index in [1.165, 1.54) is 12.8 Å². The van der Waals surface area contributed by atoms with Gasteiger partial charge in [-0.2, -0.15) is 5.10 Å². The monoisotopic (exact) mass is 417 g/mol. The van der Waals surface area contributed by atoms with E-state index in [0.717, 1.165) is 28.1 Å². The minimum absolute atomic E-state index is 0.335. The van der Waals surface area contributed by atoms with E-state index in [0.29, 0.717) is 29.5 Å². The standard InChI is InChI=1S/C23H27N7O/c1-14(15-4-5-15)29-9-8-17-11-26-23(25)30(21(17)22(29)24)19-7-6-16(10-20(19)31-3)18-12-27-28(2)13-18/h6-15H,4-5,24H2,1-3H3,(H2,25,26). The Morgan fingerprint density at radius 3 is 2.68 bits per heavy atom. The van der Waals surface area contributed by atoms with Crippen LogP contribution in [0.3, 0.4) is 0 Å². The van der Waals surface area contributed by atoms with Gasteiger partial charge in [-0.1, -0.05) is 6.07 Å². The molecule has 0 radical (unpaired) electrons. The Hall–Kier alpha value is -3.68. The summed E-state index contributed by atoms with van der Waals surface area (Å²) in [6.07, 6.45) is 12.1. The highest BCUT2D eigenvalue weighted by atomic mass is 16.5. The summed E-state index contributed by atoms with van der Waals surface area (Å²) in [4.78, 5) is 8.44. The van der Waals surface area contributed by atoms with Gasteiger partial charge in [0.2, 0.25) is 5.96 Å². The van der Waals surface area contributed by atoms with Gasteiger partial charge in [0.15, 0.2) is 0 Å². The van der Waals surface area contributed by atoms with Crippen LogP contribution in [0.4, 0.5) is 5.69 Å². The van der Waals surface area contributed by atoms with E-state index < -0.39 is 0 Å². The Bertz CT molecular complexity index is 1150. The lowest BCUT2D eigenvalue weighted by atomic mass is 10.0. The number of benzene rings is 1. The maximum atomic E-state index is 6.71. The first kappa shape index (κ1) is 19.3. The van der Waals surface area contributed by atoms with E-state index >= 15 is 0 Å². The van der Waals surface area contributed by atoms with Crippen LogP contribution in [0.15, 0.2) is 71.2 Å². The number of aromatic nitrogens is 2. The number of hydrogen-bond acceptors (Lipinski definition) is 7. The van der Waals surface area contributed by atoms with Gasteiger partial charge in [0.1, 0.15) is 11.6 Å². The average Bonchev–Trinajstić information content (AvgIpc) is 3.54. The number of nitrogens with two attached hydrogens (primary N) is 2. The van der Waals surface area contributed by atoms with Crippen molar-refractivity contribution in [3.8, 4) is 16.9 Å². The van der Waals surface area contributed by atoms with Crippen LogP contribution in [0.5, 0.6) is 5.75 Å². The normalized spacial score (nSPS) is 19.2. The van der Waals surface area contributed by atoms with E-state index in [1.807, 2.05) is 54.8 Å². The van der Waals surface area contributed by atoms with Gasteiger partial charge in [0.05, 0.1) is 24.7 Å². The third kappa shape index (κ3) is 3.24. The fourth-order valence-corrected chi connectivity index (χ4v) is 4.26. The largest absolute Gasteiger partial charge is 0.495 e. The predicted octanol–water partition coefficient (Wildman–Crippen LogP) is 2.87. The van der Waals surface area contributed by atoms with Gasteiger partial charge in [-0.15, -0.1) is 0 Å². The summed E-state index contributed by atoms with van der Waals surface area (Å²) in [7, 11) is 3.55. The Morgan fingerprint density at radius 1 is 1.19 bits per heavy atom. The van der Waals surface area contributed by atoms with Gasteiger partial charge in [-0.05, 0) is 49.5 Å². The number of fused-ring (bicyclic) bond motifs is 1. The third-order valence-electron chi connectivity index (χ3n) is 6.20. The molecule has 0 spiro atoms. The molecule has 0 saturated heterocycles. The number of anilines is 1. The second kappa shape index (κ2) is 7.23. The number of aliphatic imine (C=N–C) groups is 1. The summed E-state index contributed by atoms with van der Waals surface area (Å²) >= 11 is 0. The van der Waals surface area contributed by atoms with Crippen LogP contribution in [0.25, 0.3) is 11.1 Å². The van der Waals surface area contributed by atoms with Crippen molar-refractivity contribution in [2.24, 2.45) is 29.4 Å². The van der Waals surface area contributed by atoms with Crippen LogP contribution in [0, 0.1) is 5.92 Å². The van der Waals surface area contributed by atoms with Crippen molar-refractivity contribution in [3.63, 3.8) is 0 Å². The number of hydrogen-bond donors (Lipinski definition) is 2. The van der Waals surface area contributed by atoms with Crippen LogP contribution in [0.1, 0.15) is 19.8 Å². The van der Waals surface area contributed by atoms with Crippen molar-refractivity contribution in [2.75, 3.05) is 12.0 Å². The number of rotatable bonds is 5. The van der Waals surface area contributed by atoms with Crippen molar-refractivity contribution >= 4 is 11.6 Å². The second-order valence-corrected chi connectivity index (χ2v) is 8.23. The lowest BCUT2D eigenvalue weighted by Gasteiger charge is -2.38. The fraction of sp³-hybridized carbons (Fsp3) is 0.304. The van der Waals surface area contributed by atoms with Crippen molar-refractivity contribution in [3.05, 3.63) is 66.2 Å². The summed E-state index contributed by atoms with van der Waals surface area (Å²) < 4.78 is 7.53. The number of allylic oxidation sites excluding steroid dienone is 1. The molecule has 8 heteroatoms. The van der Waals surface area contributed by atoms with Crippen LogP contribution >= 0.6 is 0 Å². The molecule has 1 saturated carbocycles. The molecular weight excluding hydrogens is 390 g/mol. The van der Waals surface area contributed by atoms with Crippen LogP contribution in [0.2, 0.25) is 0 Å². The minimum Gasteiger partial charge on any atom is -0.495 e. The van der Waals surface area contributed by atoms with Crippen LogP contribution < -0.4 is 21.1 Å². The van der Waals surface area contributed by atoms with E-state index in [4.69, 9.17) is 16.2 Å². The van der Waals surface area contributed by atoms with E-state index in [2.05, 4.69) is 21.9 Å². The zero-order chi connectivity index (χ0) is 21.7. The van der Waals surface area contributed by atoms with Crippen LogP contribution in [-0.2, 0) is 7.05 Å². The molecule has 2 aromatic rings. The molecule has 0 bridgehead atoms. The molecule has 8 nitrogen and oxygen atoms in total. The maximum Gasteiger partial charge on any atom is 0.205 e. The first-order valence-corrected chi connectivity index (χ1v) is 10.4. The Balaban J connectivity index is 1.59. The van der Waals surface area contributed by atoms with Crippen LogP contribution in [-0.4, -0.2) is 33.8 Å². The molecule has 5 rings (SSSR count). The van der Waals surface area contributed by atoms with E-state index in [1.54, 1.807) is 18.0 Å². The molecular formula is C23H27N7O. The zero-order valence-electron chi connectivity index (χ0n) is 18.0. The molecule has 1 aliphatic carbocycles. The Labute approximate surface area is 181 Å². The first-order valence-electron chi connectivity index (χ1n) is 10.4. The van der Waals surface area contributed by atoms with Crippen molar-refractivity contribution in [1.82, 2.24) is 14.7 Å². The van der Waals surface area contributed by atoms with Gasteiger partial charge in [0.25, 0.3) is 0 Å². The molecule has 1 fully saturated rings. The topological polar surface area (TPSA) is 97.9 Å². The number of methoxy groups -OCH3 is 1. The maximum absolute atomic E-state index is 6.71. The minimum atomic E-state index is 0.335. The summed E-state index contributed by atoms with van der Waals surface area (Å²) in [5.74, 6) is 2.37. The highest BCUT2D eigenvalue weighted by Gasteiger charge is 2.36. The Morgan fingerprint density at radius 2 is 2.00 bits per heavy atom. The lowest BCUT2D eigenvalue weighted by Crippen LogP contribution is -2.45. The van der Waals surface area contributed by atoms with E-state index in [-0.39, 0.29) is 0 Å². The zero-order valence-corrected chi connectivity index (χ0v) is 18.0. The molecule has 1 aromatic heterocycles. The highest BCUT2D eigenvalue weighted by Crippen LogP contribution is 2.42. The lowest BCUT2D eigenvalue weighted by molar-refractivity contribution is 0.318. The predicted molar refractivity (Wildman–Crippen MR) is 122 cm³/mol. The number of guanidine groups is 1. The second-order valence-electron chi connectivity index (χ2n) is 8.23. The molecule has 4 N–H and O–H groups in total. The molecule has 1 atom stereocenters. The van der Waals surface area contributed by atoms with Gasteiger partial charge in [-0.25, -0.2) is 4.99 Å². The molecule has 3 aliphatic rings. The third-order valence-corrected chi connectivity index (χ3v) is 6.20. The fourth-order valence-electron chi connectivity index (χ4n) is 4.26. The van der Waals surface area contributed by atoms with Crippen molar-refractivity contribution in [1.29, 1.82) is 0 Å². The number of ether oxygens (including phenoxy) is 1. The highest BCUT2D eigenvalue weighted by molar-refractivity contribution is 6.02. The van der Waals surface area contributed by atoms with Gasteiger partial charge < -0.3 is 21.1 Å². The van der Waals surface area contributed by atoms with Crippen molar-refractivity contribution in [2.45, 2.75) is 25.8 Å². The summed E-state index contributed by atoms with van der Waals surface area (Å²) in [6.45, 7) is 2.22. The molecule has 2 aliphatic heterocycles. The van der Waals surface area contributed by atoms with Gasteiger partial charge in [-0.3, -0.25) is 9.58 Å². The molecule has 160 valence electrons. The number of aryl methyl sites for hydroxylation is 1. The quantitative estimate of drug-likeness (QED) is 0.776. The van der Waals surface area contributed by atoms with Crippen molar-refractivity contribution < 1.29 is 4.74 Å². The number of nitrogens with zero attached hydrogens (tertiary/aromatic N) is 5. The van der Waals surface area contributed by atoms with Gasteiger partial charge in [0, 0.05) is 42.8 Å². The smallest absolute Gasteiger partial charge is 0.205 e. The summed E-state index contributed by atoms with van der Waals surface area (Å²) in [5.41, 5.74) is 17.6. The molecule has 1 aromatic carbocycles. The summed E-state index contributed by atoms with van der Waals surface area (Å²) in [5, 5.41) is 4.26. The first-order chi connectivity index (χ1) is 15.0. The average molecular weight is 418 g/mol. The SMILES string of the molecule is COc1cc(-c2cnn(C)c2)ccc1N1C(N)=NC=C2C=CN(C(C)C3CC3)C(N)=C21.